The summed E-state index contributed by atoms with van der Waals surface area (Å²) in [4.78, 5) is 11.9. The zero-order chi connectivity index (χ0) is 15.2. The standard InChI is InChI=1S/C17H16N4O/c22-17(15-9-5-2-6-10-15)18-11-12-21-13-16(19-20-21)14-7-3-1-4-8-14/h1-10,13H,11-12H2,(H,18,22). The highest BCUT2D eigenvalue weighted by molar-refractivity contribution is 5.94. The molecule has 0 aliphatic heterocycles. The monoisotopic (exact) mass is 292 g/mol. The number of hydrogen-bond donors (Lipinski definition) is 1. The van der Waals surface area contributed by atoms with Crippen LogP contribution in [0, 0.1) is 0 Å². The van der Waals surface area contributed by atoms with Crippen molar-refractivity contribution in [3.63, 3.8) is 0 Å². The first kappa shape index (κ1) is 14.0. The third-order valence-electron chi connectivity index (χ3n) is 3.27. The number of rotatable bonds is 5. The lowest BCUT2D eigenvalue weighted by Crippen LogP contribution is -2.27. The molecule has 2 aromatic carbocycles. The average Bonchev–Trinajstić information content (AvgIpc) is 3.05. The Kier molecular flexibility index (Phi) is 4.25. The van der Waals surface area contributed by atoms with Crippen molar-refractivity contribution in [1.29, 1.82) is 0 Å². The molecule has 1 heterocycles. The van der Waals surface area contributed by atoms with Gasteiger partial charge >= 0.3 is 0 Å². The minimum Gasteiger partial charge on any atom is -0.350 e. The number of benzene rings is 2. The van der Waals surface area contributed by atoms with Crippen LogP contribution in [0.4, 0.5) is 0 Å². The van der Waals surface area contributed by atoms with Crippen LogP contribution in [0.3, 0.4) is 0 Å². The highest BCUT2D eigenvalue weighted by Gasteiger charge is 2.05. The molecule has 0 atom stereocenters. The molecule has 1 N–H and O–H groups in total. The van der Waals surface area contributed by atoms with Gasteiger partial charge in [0, 0.05) is 17.7 Å². The molecule has 0 saturated heterocycles. The van der Waals surface area contributed by atoms with Gasteiger partial charge in [0.1, 0.15) is 5.69 Å². The van der Waals surface area contributed by atoms with E-state index in [1.165, 1.54) is 0 Å². The number of carbonyl (C=O) groups is 1. The zero-order valence-electron chi connectivity index (χ0n) is 12.0. The van der Waals surface area contributed by atoms with E-state index >= 15 is 0 Å². The lowest BCUT2D eigenvalue weighted by molar-refractivity contribution is 0.0952. The highest BCUT2D eigenvalue weighted by Crippen LogP contribution is 2.14. The molecule has 0 saturated carbocycles. The summed E-state index contributed by atoms with van der Waals surface area (Å²) in [6, 6.07) is 19.0. The van der Waals surface area contributed by atoms with E-state index in [-0.39, 0.29) is 5.91 Å². The van der Waals surface area contributed by atoms with Crippen molar-refractivity contribution in [1.82, 2.24) is 20.3 Å². The molecule has 110 valence electrons. The number of aromatic nitrogens is 3. The fourth-order valence-electron chi connectivity index (χ4n) is 2.12. The van der Waals surface area contributed by atoms with Gasteiger partial charge < -0.3 is 5.32 Å². The maximum Gasteiger partial charge on any atom is 0.251 e. The van der Waals surface area contributed by atoms with Crippen molar-refractivity contribution in [3.05, 3.63) is 72.4 Å². The van der Waals surface area contributed by atoms with Crippen LogP contribution < -0.4 is 5.32 Å². The maximum absolute atomic E-state index is 11.9. The molecule has 0 spiro atoms. The second kappa shape index (κ2) is 6.67. The summed E-state index contributed by atoms with van der Waals surface area (Å²) in [5.74, 6) is -0.0796. The first-order valence-electron chi connectivity index (χ1n) is 7.12. The Morgan fingerprint density at radius 1 is 1.00 bits per heavy atom. The van der Waals surface area contributed by atoms with Gasteiger partial charge in [0.2, 0.25) is 0 Å². The minimum atomic E-state index is -0.0796. The van der Waals surface area contributed by atoms with Crippen LogP contribution in [0.15, 0.2) is 66.9 Å². The largest absolute Gasteiger partial charge is 0.350 e. The molecule has 3 rings (SSSR count). The van der Waals surface area contributed by atoms with Gasteiger partial charge in [-0.15, -0.1) is 5.10 Å². The van der Waals surface area contributed by atoms with E-state index in [1.807, 2.05) is 54.7 Å². The van der Waals surface area contributed by atoms with Crippen LogP contribution >= 0.6 is 0 Å². The van der Waals surface area contributed by atoms with Crippen LogP contribution in [-0.4, -0.2) is 27.4 Å². The molecule has 22 heavy (non-hydrogen) atoms. The topological polar surface area (TPSA) is 59.8 Å². The third-order valence-corrected chi connectivity index (χ3v) is 3.27. The second-order valence-electron chi connectivity index (χ2n) is 4.85. The van der Waals surface area contributed by atoms with Crippen LogP contribution in [0.1, 0.15) is 10.4 Å². The number of carbonyl (C=O) groups excluding carboxylic acids is 1. The van der Waals surface area contributed by atoms with Crippen LogP contribution in [0.5, 0.6) is 0 Å². The summed E-state index contributed by atoms with van der Waals surface area (Å²) in [7, 11) is 0. The number of nitrogens with zero attached hydrogens (tertiary/aromatic N) is 3. The number of nitrogens with one attached hydrogen (secondary N) is 1. The van der Waals surface area contributed by atoms with Gasteiger partial charge in [0.05, 0.1) is 12.7 Å². The van der Waals surface area contributed by atoms with Gasteiger partial charge in [-0.2, -0.15) is 0 Å². The summed E-state index contributed by atoms with van der Waals surface area (Å²) in [5.41, 5.74) is 2.52. The van der Waals surface area contributed by atoms with Crippen molar-refractivity contribution in [2.45, 2.75) is 6.54 Å². The van der Waals surface area contributed by atoms with Crippen LogP contribution in [0.2, 0.25) is 0 Å². The summed E-state index contributed by atoms with van der Waals surface area (Å²) in [6.07, 6.45) is 1.88. The maximum atomic E-state index is 11.9. The Hall–Kier alpha value is -2.95. The molecule has 3 aromatic rings. The quantitative estimate of drug-likeness (QED) is 0.785. The Bertz CT molecular complexity index is 738. The van der Waals surface area contributed by atoms with Gasteiger partial charge in [-0.3, -0.25) is 9.48 Å². The molecule has 5 nitrogen and oxygen atoms in total. The Morgan fingerprint density at radius 3 is 2.41 bits per heavy atom. The van der Waals surface area contributed by atoms with Crippen molar-refractivity contribution in [2.24, 2.45) is 0 Å². The van der Waals surface area contributed by atoms with Crippen LogP contribution in [-0.2, 0) is 6.54 Å². The average molecular weight is 292 g/mol. The van der Waals surface area contributed by atoms with E-state index in [0.717, 1.165) is 11.3 Å². The van der Waals surface area contributed by atoms with Gasteiger partial charge in [-0.25, -0.2) is 0 Å². The lowest BCUT2D eigenvalue weighted by atomic mass is 10.2. The summed E-state index contributed by atoms with van der Waals surface area (Å²) in [6.45, 7) is 1.09. The minimum absolute atomic E-state index is 0.0796. The molecule has 0 radical (unpaired) electrons. The molecule has 5 heteroatoms. The van der Waals surface area contributed by atoms with E-state index in [4.69, 9.17) is 0 Å². The van der Waals surface area contributed by atoms with E-state index in [1.54, 1.807) is 16.8 Å². The normalized spacial score (nSPS) is 10.4. The molecule has 1 aromatic heterocycles. The molecule has 0 unspecified atom stereocenters. The number of hydrogen-bond acceptors (Lipinski definition) is 3. The summed E-state index contributed by atoms with van der Waals surface area (Å²) in [5, 5.41) is 11.1. The predicted molar refractivity (Wildman–Crippen MR) is 84.2 cm³/mol. The van der Waals surface area contributed by atoms with Crippen molar-refractivity contribution in [3.8, 4) is 11.3 Å². The fourth-order valence-corrected chi connectivity index (χ4v) is 2.12. The highest BCUT2D eigenvalue weighted by atomic mass is 16.1. The molecule has 0 bridgehead atoms. The summed E-state index contributed by atoms with van der Waals surface area (Å²) < 4.78 is 1.73. The third kappa shape index (κ3) is 3.38. The molecular weight excluding hydrogens is 276 g/mol. The van der Waals surface area contributed by atoms with Gasteiger partial charge in [-0.05, 0) is 12.1 Å². The molecular formula is C17H16N4O. The van der Waals surface area contributed by atoms with E-state index in [0.29, 0.717) is 18.7 Å². The van der Waals surface area contributed by atoms with Gasteiger partial charge in [0.15, 0.2) is 0 Å². The van der Waals surface area contributed by atoms with E-state index in [9.17, 15) is 4.79 Å². The Morgan fingerprint density at radius 2 is 1.68 bits per heavy atom. The number of amides is 1. The molecule has 0 aliphatic rings. The van der Waals surface area contributed by atoms with Gasteiger partial charge in [0.25, 0.3) is 5.91 Å². The van der Waals surface area contributed by atoms with E-state index in [2.05, 4.69) is 15.6 Å². The zero-order valence-corrected chi connectivity index (χ0v) is 12.0. The second-order valence-corrected chi connectivity index (χ2v) is 4.85. The van der Waals surface area contributed by atoms with Crippen LogP contribution in [0.25, 0.3) is 11.3 Å². The molecule has 1 amide bonds. The Balaban J connectivity index is 1.55. The predicted octanol–water partition coefficient (Wildman–Crippen LogP) is 2.38. The first-order chi connectivity index (χ1) is 10.8. The fraction of sp³-hybridized carbons (Fsp3) is 0.118. The SMILES string of the molecule is O=C(NCCn1cc(-c2ccccc2)nn1)c1ccccc1. The summed E-state index contributed by atoms with van der Waals surface area (Å²) >= 11 is 0. The van der Waals surface area contributed by atoms with E-state index < -0.39 is 0 Å². The van der Waals surface area contributed by atoms with Crippen molar-refractivity contribution in [2.75, 3.05) is 6.54 Å². The van der Waals surface area contributed by atoms with Crippen molar-refractivity contribution >= 4 is 5.91 Å². The molecule has 0 aliphatic carbocycles. The Labute approximate surface area is 128 Å². The van der Waals surface area contributed by atoms with Gasteiger partial charge in [-0.1, -0.05) is 53.7 Å². The molecule has 0 fully saturated rings. The lowest BCUT2D eigenvalue weighted by Gasteiger charge is -2.04. The van der Waals surface area contributed by atoms with Crippen molar-refractivity contribution < 1.29 is 4.79 Å². The first-order valence-corrected chi connectivity index (χ1v) is 7.12. The smallest absolute Gasteiger partial charge is 0.251 e.